The number of anilines is 1. The Balaban J connectivity index is 2.27. The van der Waals surface area contributed by atoms with Crippen molar-refractivity contribution in [3.63, 3.8) is 0 Å². The zero-order valence-corrected chi connectivity index (χ0v) is 13.9. The molecule has 23 heavy (non-hydrogen) atoms. The molecular weight excluding hydrogens is 312 g/mol. The molecular formula is C17H20N2O3S. The molecule has 0 aromatic heterocycles. The molecule has 0 fully saturated rings. The predicted molar refractivity (Wildman–Crippen MR) is 90.8 cm³/mol. The fourth-order valence-electron chi connectivity index (χ4n) is 2.27. The quantitative estimate of drug-likeness (QED) is 0.852. The van der Waals surface area contributed by atoms with Gasteiger partial charge >= 0.3 is 0 Å². The molecule has 2 aromatic carbocycles. The van der Waals surface area contributed by atoms with Crippen LogP contribution in [-0.4, -0.2) is 14.3 Å². The van der Waals surface area contributed by atoms with E-state index in [9.17, 15) is 13.2 Å². The third-order valence-corrected chi connectivity index (χ3v) is 4.70. The Morgan fingerprint density at radius 1 is 1.09 bits per heavy atom. The zero-order chi connectivity index (χ0) is 17.0. The van der Waals surface area contributed by atoms with Gasteiger partial charge in [-0.2, -0.15) is 0 Å². The monoisotopic (exact) mass is 332 g/mol. The summed E-state index contributed by atoms with van der Waals surface area (Å²) in [5, 5.41) is 0. The van der Waals surface area contributed by atoms with E-state index in [1.807, 2.05) is 0 Å². The van der Waals surface area contributed by atoms with Gasteiger partial charge in [0.2, 0.25) is 0 Å². The van der Waals surface area contributed by atoms with Crippen LogP contribution in [0.4, 0.5) is 5.69 Å². The van der Waals surface area contributed by atoms with Crippen LogP contribution in [-0.2, 0) is 16.4 Å². The highest BCUT2D eigenvalue weighted by molar-refractivity contribution is 7.92. The van der Waals surface area contributed by atoms with Crippen LogP contribution in [0.3, 0.4) is 0 Å². The normalized spacial score (nSPS) is 11.4. The van der Waals surface area contributed by atoms with E-state index in [4.69, 9.17) is 5.73 Å². The minimum atomic E-state index is -3.77. The molecule has 0 saturated carbocycles. The number of carbonyl (C=O) groups is 1. The molecule has 122 valence electrons. The van der Waals surface area contributed by atoms with E-state index in [0.717, 1.165) is 12.0 Å². The third kappa shape index (κ3) is 4.32. The number of hydrogen-bond acceptors (Lipinski definition) is 3. The molecule has 0 spiro atoms. The van der Waals surface area contributed by atoms with Crippen molar-refractivity contribution in [3.05, 3.63) is 59.7 Å². The molecule has 1 amide bonds. The van der Waals surface area contributed by atoms with Gasteiger partial charge in [0.15, 0.2) is 0 Å². The maximum Gasteiger partial charge on any atom is 0.261 e. The Bertz CT molecular complexity index is 797. The number of hydrogen-bond donors (Lipinski definition) is 2. The summed E-state index contributed by atoms with van der Waals surface area (Å²) in [5.74, 6) is -0.186. The average molecular weight is 332 g/mol. The molecule has 0 saturated heterocycles. The molecule has 0 bridgehead atoms. The minimum Gasteiger partial charge on any atom is -0.366 e. The standard InChI is InChI=1S/C17H20N2O3S/c1-12(2)11-13-7-9-14(10-8-13)23(21,22)19-16-6-4-3-5-15(16)17(18)20/h3-10,12,19H,11H2,1-2H3,(H2,18,20). The number of rotatable bonds is 6. The second-order valence-corrected chi connectivity index (χ2v) is 7.44. The smallest absolute Gasteiger partial charge is 0.261 e. The molecule has 0 aliphatic rings. The molecule has 5 nitrogen and oxygen atoms in total. The summed E-state index contributed by atoms with van der Waals surface area (Å²) in [4.78, 5) is 11.5. The van der Waals surface area contributed by atoms with Gasteiger partial charge in [0.05, 0.1) is 16.1 Å². The van der Waals surface area contributed by atoms with Crippen molar-refractivity contribution in [1.82, 2.24) is 0 Å². The van der Waals surface area contributed by atoms with Gasteiger partial charge in [-0.1, -0.05) is 38.1 Å². The van der Waals surface area contributed by atoms with Gasteiger partial charge in [-0.25, -0.2) is 8.42 Å². The molecule has 0 aliphatic carbocycles. The molecule has 3 N–H and O–H groups in total. The highest BCUT2D eigenvalue weighted by Crippen LogP contribution is 2.20. The van der Waals surface area contributed by atoms with Crippen LogP contribution < -0.4 is 10.5 Å². The number of nitrogens with two attached hydrogens (primary N) is 1. The average Bonchev–Trinajstić information content (AvgIpc) is 2.47. The van der Waals surface area contributed by atoms with Crippen LogP contribution >= 0.6 is 0 Å². The first-order chi connectivity index (χ1) is 10.8. The Labute approximate surface area is 136 Å². The van der Waals surface area contributed by atoms with Gasteiger partial charge in [0.25, 0.3) is 15.9 Å². The van der Waals surface area contributed by atoms with E-state index in [-0.39, 0.29) is 16.1 Å². The van der Waals surface area contributed by atoms with Gasteiger partial charge < -0.3 is 5.73 Å². The van der Waals surface area contributed by atoms with E-state index < -0.39 is 15.9 Å². The Morgan fingerprint density at radius 2 is 1.70 bits per heavy atom. The van der Waals surface area contributed by atoms with Gasteiger partial charge in [-0.15, -0.1) is 0 Å². The van der Waals surface area contributed by atoms with Gasteiger partial charge in [0.1, 0.15) is 0 Å². The molecule has 0 heterocycles. The molecule has 2 rings (SSSR count). The van der Waals surface area contributed by atoms with Crippen molar-refractivity contribution in [2.45, 2.75) is 25.2 Å². The number of amides is 1. The fourth-order valence-corrected chi connectivity index (χ4v) is 3.35. The summed E-state index contributed by atoms with van der Waals surface area (Å²) < 4.78 is 27.3. The molecule has 0 aliphatic heterocycles. The summed E-state index contributed by atoms with van der Waals surface area (Å²) in [6.07, 6.45) is 0.887. The first kappa shape index (κ1) is 17.0. The first-order valence-corrected chi connectivity index (χ1v) is 8.78. The van der Waals surface area contributed by atoms with E-state index >= 15 is 0 Å². The van der Waals surface area contributed by atoms with Crippen LogP contribution in [0.25, 0.3) is 0 Å². The largest absolute Gasteiger partial charge is 0.366 e. The van der Waals surface area contributed by atoms with Crippen molar-refractivity contribution >= 4 is 21.6 Å². The van der Waals surface area contributed by atoms with Crippen LogP contribution in [0.5, 0.6) is 0 Å². The minimum absolute atomic E-state index is 0.132. The van der Waals surface area contributed by atoms with Gasteiger partial charge in [-0.05, 0) is 42.2 Å². The molecule has 0 atom stereocenters. The highest BCUT2D eigenvalue weighted by Gasteiger charge is 2.17. The van der Waals surface area contributed by atoms with Crippen molar-refractivity contribution in [3.8, 4) is 0 Å². The van der Waals surface area contributed by atoms with E-state index in [1.165, 1.54) is 12.1 Å². The van der Waals surface area contributed by atoms with Gasteiger partial charge in [0, 0.05) is 0 Å². The van der Waals surface area contributed by atoms with E-state index in [1.54, 1.807) is 36.4 Å². The Kier molecular flexibility index (Phi) is 5.05. The number of carbonyl (C=O) groups excluding carboxylic acids is 1. The lowest BCUT2D eigenvalue weighted by atomic mass is 10.0. The fraction of sp³-hybridized carbons (Fsp3) is 0.235. The lowest BCUT2D eigenvalue weighted by Crippen LogP contribution is -2.18. The summed E-state index contributed by atoms with van der Waals surface area (Å²) in [6, 6.07) is 13.0. The lowest BCUT2D eigenvalue weighted by molar-refractivity contribution is 0.100. The molecule has 0 unspecified atom stereocenters. The number of nitrogens with one attached hydrogen (secondary N) is 1. The summed E-state index contributed by atoms with van der Waals surface area (Å²) in [7, 11) is -3.77. The number of primary amides is 1. The zero-order valence-electron chi connectivity index (χ0n) is 13.1. The number of para-hydroxylation sites is 1. The van der Waals surface area contributed by atoms with Crippen LogP contribution in [0.2, 0.25) is 0 Å². The molecule has 2 aromatic rings. The summed E-state index contributed by atoms with van der Waals surface area (Å²) in [6.45, 7) is 4.21. The van der Waals surface area contributed by atoms with Crippen LogP contribution in [0.15, 0.2) is 53.4 Å². The Morgan fingerprint density at radius 3 is 2.26 bits per heavy atom. The Hall–Kier alpha value is -2.34. The highest BCUT2D eigenvalue weighted by atomic mass is 32.2. The summed E-state index contributed by atoms with van der Waals surface area (Å²) >= 11 is 0. The topological polar surface area (TPSA) is 89.3 Å². The SMILES string of the molecule is CC(C)Cc1ccc(S(=O)(=O)Nc2ccccc2C(N)=O)cc1. The molecule has 6 heteroatoms. The van der Waals surface area contributed by atoms with Gasteiger partial charge in [-0.3, -0.25) is 9.52 Å². The molecule has 0 radical (unpaired) electrons. The number of benzene rings is 2. The van der Waals surface area contributed by atoms with Crippen LogP contribution in [0.1, 0.15) is 29.8 Å². The maximum absolute atomic E-state index is 12.4. The second-order valence-electron chi connectivity index (χ2n) is 5.76. The second kappa shape index (κ2) is 6.83. The maximum atomic E-state index is 12.4. The van der Waals surface area contributed by atoms with Crippen molar-refractivity contribution < 1.29 is 13.2 Å². The van der Waals surface area contributed by atoms with Crippen molar-refractivity contribution in [1.29, 1.82) is 0 Å². The van der Waals surface area contributed by atoms with E-state index in [2.05, 4.69) is 18.6 Å². The van der Waals surface area contributed by atoms with E-state index in [0.29, 0.717) is 5.92 Å². The first-order valence-electron chi connectivity index (χ1n) is 7.30. The lowest BCUT2D eigenvalue weighted by Gasteiger charge is -2.11. The van der Waals surface area contributed by atoms with Crippen LogP contribution in [0, 0.1) is 5.92 Å². The van der Waals surface area contributed by atoms with Crippen molar-refractivity contribution in [2.75, 3.05) is 4.72 Å². The summed E-state index contributed by atoms with van der Waals surface area (Å²) in [5.41, 5.74) is 6.65. The third-order valence-electron chi connectivity index (χ3n) is 3.31. The predicted octanol–water partition coefficient (Wildman–Crippen LogP) is 2.78. The van der Waals surface area contributed by atoms with Crippen molar-refractivity contribution in [2.24, 2.45) is 11.7 Å². The number of sulfonamides is 1.